The monoisotopic (exact) mass is 715 g/mol. The SMILES string of the molecule is CC(C)(C)OC(=O)NC(Cc1ccc(-c2ccccn2)cc1)CC(O)C(Cc1ccccc1)NC(=O)C(NC(=O)OCc1cncs1)C(C)(C)C. The summed E-state index contributed by atoms with van der Waals surface area (Å²) >= 11 is 1.36. The number of amides is 3. The molecule has 0 aliphatic carbocycles. The molecular formula is C39H49N5O6S. The number of carbonyl (C=O) groups excluding carboxylic acids is 3. The molecule has 0 aliphatic rings. The number of aromatic nitrogens is 2. The van der Waals surface area contributed by atoms with Crippen molar-refractivity contribution in [3.05, 3.63) is 107 Å². The topological polar surface area (TPSA) is 152 Å². The number of aliphatic hydroxyl groups is 1. The smallest absolute Gasteiger partial charge is 0.408 e. The Kier molecular flexibility index (Phi) is 13.7. The van der Waals surface area contributed by atoms with Crippen molar-refractivity contribution in [3.63, 3.8) is 0 Å². The first-order valence-corrected chi connectivity index (χ1v) is 17.9. The molecule has 4 rings (SSSR count). The van der Waals surface area contributed by atoms with Crippen LogP contribution in [0.4, 0.5) is 9.59 Å². The molecule has 0 bridgehead atoms. The molecule has 4 aromatic rings. The van der Waals surface area contributed by atoms with E-state index in [-0.39, 0.29) is 13.0 Å². The molecule has 272 valence electrons. The summed E-state index contributed by atoms with van der Waals surface area (Å²) in [7, 11) is 0. The summed E-state index contributed by atoms with van der Waals surface area (Å²) in [4.78, 5) is 48.9. The molecule has 4 N–H and O–H groups in total. The number of rotatable bonds is 14. The van der Waals surface area contributed by atoms with Gasteiger partial charge >= 0.3 is 12.2 Å². The molecule has 0 fully saturated rings. The molecule has 51 heavy (non-hydrogen) atoms. The zero-order valence-corrected chi connectivity index (χ0v) is 30.9. The van der Waals surface area contributed by atoms with Crippen LogP contribution in [0.2, 0.25) is 0 Å². The third-order valence-corrected chi connectivity index (χ3v) is 8.71. The van der Waals surface area contributed by atoms with Crippen molar-refractivity contribution >= 4 is 29.4 Å². The minimum atomic E-state index is -1.10. The maximum absolute atomic E-state index is 13.9. The summed E-state index contributed by atoms with van der Waals surface area (Å²) in [6, 6.07) is 20.8. The summed E-state index contributed by atoms with van der Waals surface area (Å²) < 4.78 is 10.9. The number of hydrogen-bond donors (Lipinski definition) is 4. The van der Waals surface area contributed by atoms with Crippen LogP contribution in [0.1, 0.15) is 64.0 Å². The summed E-state index contributed by atoms with van der Waals surface area (Å²) in [6.45, 7) is 10.9. The number of ether oxygens (including phenoxy) is 2. The highest BCUT2D eigenvalue weighted by molar-refractivity contribution is 7.09. The van der Waals surface area contributed by atoms with Crippen LogP contribution in [-0.4, -0.2) is 63.0 Å². The molecule has 4 unspecified atom stereocenters. The van der Waals surface area contributed by atoms with Gasteiger partial charge in [-0.3, -0.25) is 14.8 Å². The predicted octanol–water partition coefficient (Wildman–Crippen LogP) is 6.46. The number of carbonyl (C=O) groups is 3. The highest BCUT2D eigenvalue weighted by atomic mass is 32.1. The Bertz CT molecular complexity index is 1670. The van der Waals surface area contributed by atoms with E-state index < -0.39 is 53.3 Å². The van der Waals surface area contributed by atoms with E-state index in [0.717, 1.165) is 27.3 Å². The molecule has 12 heteroatoms. The molecule has 0 aliphatic heterocycles. The van der Waals surface area contributed by atoms with Crippen molar-refractivity contribution in [2.75, 3.05) is 0 Å². The second-order valence-corrected chi connectivity index (χ2v) is 15.5. The van der Waals surface area contributed by atoms with Gasteiger partial charge in [0.1, 0.15) is 18.2 Å². The number of alkyl carbamates (subject to hydrolysis) is 2. The first kappa shape index (κ1) is 39.0. The van der Waals surface area contributed by atoms with E-state index in [0.29, 0.717) is 12.8 Å². The number of thiazole rings is 1. The maximum Gasteiger partial charge on any atom is 0.408 e. The van der Waals surface area contributed by atoms with E-state index in [1.807, 2.05) is 93.6 Å². The molecule has 0 spiro atoms. The fraction of sp³-hybridized carbons (Fsp3) is 0.410. The van der Waals surface area contributed by atoms with Crippen molar-refractivity contribution < 1.29 is 29.0 Å². The molecule has 0 radical (unpaired) electrons. The number of benzene rings is 2. The Labute approximate surface area is 304 Å². The average molecular weight is 716 g/mol. The number of nitrogens with zero attached hydrogens (tertiary/aromatic N) is 2. The molecule has 3 amide bonds. The van der Waals surface area contributed by atoms with Crippen LogP contribution in [0.15, 0.2) is 90.7 Å². The Hall–Kier alpha value is -4.81. The molecule has 2 heterocycles. The van der Waals surface area contributed by atoms with Crippen LogP contribution in [-0.2, 0) is 33.7 Å². The maximum atomic E-state index is 13.9. The Morgan fingerprint density at radius 1 is 0.824 bits per heavy atom. The van der Waals surface area contributed by atoms with Gasteiger partial charge in [0.05, 0.1) is 28.2 Å². The molecule has 4 atom stereocenters. The Morgan fingerprint density at radius 3 is 2.12 bits per heavy atom. The third-order valence-electron chi connectivity index (χ3n) is 7.95. The summed E-state index contributed by atoms with van der Waals surface area (Å²) in [5.41, 5.74) is 3.85. The second kappa shape index (κ2) is 17.9. The Balaban J connectivity index is 1.54. The van der Waals surface area contributed by atoms with Gasteiger partial charge in [0.25, 0.3) is 0 Å². The van der Waals surface area contributed by atoms with Gasteiger partial charge in [0, 0.05) is 24.0 Å². The van der Waals surface area contributed by atoms with Crippen molar-refractivity contribution in [3.8, 4) is 11.3 Å². The lowest BCUT2D eigenvalue weighted by molar-refractivity contribution is -0.127. The van der Waals surface area contributed by atoms with E-state index in [1.165, 1.54) is 11.3 Å². The van der Waals surface area contributed by atoms with Crippen LogP contribution in [0.3, 0.4) is 0 Å². The van der Waals surface area contributed by atoms with Crippen LogP contribution < -0.4 is 16.0 Å². The largest absolute Gasteiger partial charge is 0.444 e. The lowest BCUT2D eigenvalue weighted by Gasteiger charge is -2.34. The molecule has 11 nitrogen and oxygen atoms in total. The molecule has 2 aromatic heterocycles. The molecular weight excluding hydrogens is 667 g/mol. The normalized spacial score (nSPS) is 14.0. The fourth-order valence-corrected chi connectivity index (χ4v) is 5.96. The third kappa shape index (κ3) is 13.1. The van der Waals surface area contributed by atoms with Crippen LogP contribution in [0.5, 0.6) is 0 Å². The summed E-state index contributed by atoms with van der Waals surface area (Å²) in [6.07, 6.45) is 1.71. The molecule has 0 saturated heterocycles. The predicted molar refractivity (Wildman–Crippen MR) is 198 cm³/mol. The minimum absolute atomic E-state index is 0.0300. The highest BCUT2D eigenvalue weighted by Crippen LogP contribution is 2.23. The quantitative estimate of drug-likeness (QED) is 0.116. The summed E-state index contributed by atoms with van der Waals surface area (Å²) in [5, 5.41) is 20.5. The van der Waals surface area contributed by atoms with Crippen molar-refractivity contribution in [1.29, 1.82) is 0 Å². The zero-order chi connectivity index (χ0) is 37.0. The van der Waals surface area contributed by atoms with Gasteiger partial charge in [-0.15, -0.1) is 11.3 Å². The molecule has 0 saturated carbocycles. The number of aliphatic hydroxyl groups excluding tert-OH is 1. The van der Waals surface area contributed by atoms with E-state index in [2.05, 4.69) is 25.9 Å². The van der Waals surface area contributed by atoms with Gasteiger partial charge in [-0.1, -0.05) is 81.4 Å². The van der Waals surface area contributed by atoms with Gasteiger partial charge < -0.3 is 30.5 Å². The van der Waals surface area contributed by atoms with Crippen molar-refractivity contribution in [2.45, 2.75) is 97.2 Å². The average Bonchev–Trinajstić information content (AvgIpc) is 3.59. The number of pyridine rings is 1. The van der Waals surface area contributed by atoms with Crippen molar-refractivity contribution in [2.24, 2.45) is 5.41 Å². The van der Waals surface area contributed by atoms with E-state index in [4.69, 9.17) is 9.47 Å². The lowest BCUT2D eigenvalue weighted by atomic mass is 9.85. The van der Waals surface area contributed by atoms with Gasteiger partial charge in [0.15, 0.2) is 0 Å². The van der Waals surface area contributed by atoms with Gasteiger partial charge in [-0.25, -0.2) is 9.59 Å². The highest BCUT2D eigenvalue weighted by Gasteiger charge is 2.36. The van der Waals surface area contributed by atoms with Crippen LogP contribution in [0, 0.1) is 5.41 Å². The van der Waals surface area contributed by atoms with Gasteiger partial charge in [0.2, 0.25) is 5.91 Å². The van der Waals surface area contributed by atoms with E-state index >= 15 is 0 Å². The van der Waals surface area contributed by atoms with Crippen LogP contribution in [0.25, 0.3) is 11.3 Å². The van der Waals surface area contributed by atoms with E-state index in [1.54, 1.807) is 38.7 Å². The van der Waals surface area contributed by atoms with Crippen molar-refractivity contribution in [1.82, 2.24) is 25.9 Å². The first-order valence-electron chi connectivity index (χ1n) is 17.0. The van der Waals surface area contributed by atoms with Gasteiger partial charge in [-0.2, -0.15) is 0 Å². The first-order chi connectivity index (χ1) is 24.2. The minimum Gasteiger partial charge on any atom is -0.444 e. The number of hydrogen-bond acceptors (Lipinski definition) is 9. The zero-order valence-electron chi connectivity index (χ0n) is 30.1. The van der Waals surface area contributed by atoms with Crippen LogP contribution >= 0.6 is 11.3 Å². The van der Waals surface area contributed by atoms with Gasteiger partial charge in [-0.05, 0) is 68.7 Å². The fourth-order valence-electron chi connectivity index (χ4n) is 5.46. The number of nitrogens with one attached hydrogen (secondary N) is 3. The second-order valence-electron chi connectivity index (χ2n) is 14.6. The summed E-state index contributed by atoms with van der Waals surface area (Å²) in [5.74, 6) is -0.473. The molecule has 2 aromatic carbocycles. The standard InChI is InChI=1S/C39H49N5O6S/c1-38(2,3)34(44-36(47)49-24-30-23-40-25-51-30)35(46)43-32(21-26-12-8-7-9-13-26)33(45)22-29(42-37(48)50-39(4,5)6)20-27-15-17-28(18-16-27)31-14-10-11-19-41-31/h7-19,23,25,29,32-34,45H,20-22,24H2,1-6H3,(H,42,48)(H,43,46)(H,44,47). The van der Waals surface area contributed by atoms with E-state index in [9.17, 15) is 19.5 Å². The Morgan fingerprint density at radius 2 is 1.51 bits per heavy atom. The lowest BCUT2D eigenvalue weighted by Crippen LogP contribution is -2.58.